The van der Waals surface area contributed by atoms with Crippen LogP contribution in [0.3, 0.4) is 0 Å². The van der Waals surface area contributed by atoms with E-state index in [0.717, 1.165) is 0 Å². The van der Waals surface area contributed by atoms with Gasteiger partial charge in [0.15, 0.2) is 0 Å². The molecule has 0 aliphatic rings. The van der Waals surface area contributed by atoms with Crippen LogP contribution >= 0.6 is 11.6 Å². The topological polar surface area (TPSA) is 59.1 Å². The molecule has 1 aromatic heterocycles. The minimum Gasteiger partial charge on any atom is -0.396 e. The molecule has 3 N–H and O–H groups in total. The second kappa shape index (κ2) is 4.40. The molecule has 1 aromatic rings. The molecule has 12 heavy (non-hydrogen) atoms. The summed E-state index contributed by atoms with van der Waals surface area (Å²) in [6, 6.07) is 3.49. The first kappa shape index (κ1) is 9.45. The highest BCUT2D eigenvalue weighted by Crippen LogP contribution is 2.20. The van der Waals surface area contributed by atoms with E-state index in [0.29, 0.717) is 17.3 Å². The minimum atomic E-state index is -0.154. The molecule has 0 aromatic carbocycles. The third-order valence-corrected chi connectivity index (χ3v) is 2.00. The molecule has 0 aliphatic carbocycles. The highest BCUT2D eigenvalue weighted by atomic mass is 35.5. The van der Waals surface area contributed by atoms with Crippen LogP contribution in [0.2, 0.25) is 5.02 Å². The highest BCUT2D eigenvalue weighted by Gasteiger charge is 2.12. The molecular weight excluding hydrogens is 176 g/mol. The Hall–Kier alpha value is -0.640. The first-order valence-electron chi connectivity index (χ1n) is 3.71. The average Bonchev–Trinajstić information content (AvgIpc) is 2.10. The lowest BCUT2D eigenvalue weighted by Crippen LogP contribution is -2.17. The number of hydrogen-bond acceptors (Lipinski definition) is 3. The fourth-order valence-corrected chi connectivity index (χ4v) is 1.25. The number of nitrogens with zero attached hydrogens (tertiary/aromatic N) is 1. The van der Waals surface area contributed by atoms with Crippen LogP contribution in [0, 0.1) is 0 Å². The van der Waals surface area contributed by atoms with Gasteiger partial charge in [-0.15, -0.1) is 0 Å². The van der Waals surface area contributed by atoms with Gasteiger partial charge in [0.1, 0.15) is 0 Å². The molecule has 4 heteroatoms. The molecule has 3 nitrogen and oxygen atoms in total. The standard InChI is InChI=1S/C8H11ClN2O/c9-7-2-1-3-11-8(7)6(4-10)5-12/h1-3,6,12H,4-5,10H2. The van der Waals surface area contributed by atoms with Crippen molar-refractivity contribution in [3.63, 3.8) is 0 Å². The molecule has 1 heterocycles. The van der Waals surface area contributed by atoms with Gasteiger partial charge in [-0.25, -0.2) is 0 Å². The molecule has 0 aliphatic heterocycles. The van der Waals surface area contributed by atoms with Gasteiger partial charge in [0.25, 0.3) is 0 Å². The number of nitrogens with two attached hydrogens (primary N) is 1. The Bertz CT molecular complexity index is 251. The van der Waals surface area contributed by atoms with Crippen molar-refractivity contribution in [2.75, 3.05) is 13.2 Å². The Morgan fingerprint density at radius 3 is 2.92 bits per heavy atom. The molecule has 0 bridgehead atoms. The molecule has 0 saturated heterocycles. The van der Waals surface area contributed by atoms with Crippen LogP contribution < -0.4 is 5.73 Å². The van der Waals surface area contributed by atoms with Crippen LogP contribution in [-0.2, 0) is 0 Å². The van der Waals surface area contributed by atoms with Crippen LogP contribution in [0.15, 0.2) is 18.3 Å². The summed E-state index contributed by atoms with van der Waals surface area (Å²) in [5.41, 5.74) is 6.10. The fraction of sp³-hybridized carbons (Fsp3) is 0.375. The van der Waals surface area contributed by atoms with Gasteiger partial charge in [0.2, 0.25) is 0 Å². The predicted octanol–water partition coefficient (Wildman–Crippen LogP) is 0.770. The van der Waals surface area contributed by atoms with Gasteiger partial charge in [0.05, 0.1) is 17.3 Å². The highest BCUT2D eigenvalue weighted by molar-refractivity contribution is 6.31. The van der Waals surface area contributed by atoms with Gasteiger partial charge in [0, 0.05) is 18.7 Å². The zero-order valence-electron chi connectivity index (χ0n) is 6.57. The van der Waals surface area contributed by atoms with Gasteiger partial charge in [-0.2, -0.15) is 0 Å². The molecule has 0 fully saturated rings. The maximum Gasteiger partial charge on any atom is 0.0656 e. The molecule has 0 saturated carbocycles. The largest absolute Gasteiger partial charge is 0.396 e. The van der Waals surface area contributed by atoms with Crippen molar-refractivity contribution in [1.82, 2.24) is 4.98 Å². The summed E-state index contributed by atoms with van der Waals surface area (Å²) in [5.74, 6) is -0.154. The molecule has 0 spiro atoms. The average molecular weight is 187 g/mol. The third-order valence-electron chi connectivity index (χ3n) is 1.68. The molecule has 0 amide bonds. The Kier molecular flexibility index (Phi) is 3.47. The second-order valence-electron chi connectivity index (χ2n) is 2.49. The minimum absolute atomic E-state index is 0.0206. The normalized spacial score (nSPS) is 12.9. The monoisotopic (exact) mass is 186 g/mol. The van der Waals surface area contributed by atoms with Crippen LogP contribution in [-0.4, -0.2) is 23.2 Å². The van der Waals surface area contributed by atoms with Gasteiger partial charge in [-0.1, -0.05) is 11.6 Å². The van der Waals surface area contributed by atoms with E-state index in [1.807, 2.05) is 0 Å². The van der Waals surface area contributed by atoms with Gasteiger partial charge in [-0.05, 0) is 12.1 Å². The van der Waals surface area contributed by atoms with Gasteiger partial charge in [-0.3, -0.25) is 4.98 Å². The van der Waals surface area contributed by atoms with Crippen LogP contribution in [0.25, 0.3) is 0 Å². The molecule has 66 valence electrons. The lowest BCUT2D eigenvalue weighted by molar-refractivity contribution is 0.266. The summed E-state index contributed by atoms with van der Waals surface area (Å²) in [4.78, 5) is 4.05. The van der Waals surface area contributed by atoms with E-state index in [9.17, 15) is 0 Å². The van der Waals surface area contributed by atoms with E-state index < -0.39 is 0 Å². The van der Waals surface area contributed by atoms with Crippen molar-refractivity contribution in [1.29, 1.82) is 0 Å². The number of aliphatic hydroxyl groups excluding tert-OH is 1. The first-order valence-corrected chi connectivity index (χ1v) is 4.08. The van der Waals surface area contributed by atoms with E-state index in [4.69, 9.17) is 22.4 Å². The number of hydrogen-bond donors (Lipinski definition) is 2. The van der Waals surface area contributed by atoms with E-state index >= 15 is 0 Å². The van der Waals surface area contributed by atoms with E-state index in [-0.39, 0.29) is 12.5 Å². The Balaban J connectivity index is 2.92. The molecule has 1 rings (SSSR count). The van der Waals surface area contributed by atoms with Crippen molar-refractivity contribution in [2.24, 2.45) is 5.73 Å². The van der Waals surface area contributed by atoms with E-state index in [2.05, 4.69) is 4.98 Å². The smallest absolute Gasteiger partial charge is 0.0656 e. The Morgan fingerprint density at radius 2 is 2.42 bits per heavy atom. The number of aliphatic hydroxyl groups is 1. The zero-order valence-corrected chi connectivity index (χ0v) is 7.33. The number of rotatable bonds is 3. The summed E-state index contributed by atoms with van der Waals surface area (Å²) < 4.78 is 0. The maximum atomic E-state index is 8.93. The van der Waals surface area contributed by atoms with Crippen molar-refractivity contribution in [3.05, 3.63) is 29.0 Å². The summed E-state index contributed by atoms with van der Waals surface area (Å²) in [7, 11) is 0. The van der Waals surface area contributed by atoms with E-state index in [1.165, 1.54) is 0 Å². The first-order chi connectivity index (χ1) is 5.79. The third kappa shape index (κ3) is 1.94. The summed E-state index contributed by atoms with van der Waals surface area (Å²) in [6.07, 6.45) is 1.64. The van der Waals surface area contributed by atoms with Crippen molar-refractivity contribution < 1.29 is 5.11 Å². The van der Waals surface area contributed by atoms with Gasteiger partial charge < -0.3 is 10.8 Å². The van der Waals surface area contributed by atoms with Crippen molar-refractivity contribution in [3.8, 4) is 0 Å². The predicted molar refractivity (Wildman–Crippen MR) is 48.1 cm³/mol. The molecule has 1 atom stereocenters. The van der Waals surface area contributed by atoms with E-state index in [1.54, 1.807) is 18.3 Å². The molecule has 0 radical (unpaired) electrons. The lowest BCUT2D eigenvalue weighted by Gasteiger charge is -2.11. The number of aromatic nitrogens is 1. The van der Waals surface area contributed by atoms with Crippen LogP contribution in [0.4, 0.5) is 0 Å². The fourth-order valence-electron chi connectivity index (χ4n) is 0.971. The number of pyridine rings is 1. The molecular formula is C8H11ClN2O. The van der Waals surface area contributed by atoms with Crippen molar-refractivity contribution >= 4 is 11.6 Å². The van der Waals surface area contributed by atoms with Crippen molar-refractivity contribution in [2.45, 2.75) is 5.92 Å². The molecule has 1 unspecified atom stereocenters. The zero-order chi connectivity index (χ0) is 8.97. The van der Waals surface area contributed by atoms with Crippen LogP contribution in [0.5, 0.6) is 0 Å². The maximum absolute atomic E-state index is 8.93. The van der Waals surface area contributed by atoms with Crippen LogP contribution in [0.1, 0.15) is 11.6 Å². The lowest BCUT2D eigenvalue weighted by atomic mass is 10.1. The SMILES string of the molecule is NCC(CO)c1ncccc1Cl. The quantitative estimate of drug-likeness (QED) is 0.733. The second-order valence-corrected chi connectivity index (χ2v) is 2.89. The van der Waals surface area contributed by atoms with Gasteiger partial charge >= 0.3 is 0 Å². The number of halogens is 1. The summed E-state index contributed by atoms with van der Waals surface area (Å²) in [5, 5.41) is 9.48. The Labute approximate surface area is 76.2 Å². The Morgan fingerprint density at radius 1 is 1.67 bits per heavy atom. The summed E-state index contributed by atoms with van der Waals surface area (Å²) in [6.45, 7) is 0.334. The summed E-state index contributed by atoms with van der Waals surface area (Å²) >= 11 is 5.85.